The van der Waals surface area contributed by atoms with E-state index in [4.69, 9.17) is 17.0 Å². The Balaban J connectivity index is 0.00000115. The van der Waals surface area contributed by atoms with Gasteiger partial charge in [-0.15, -0.1) is 28.5 Å². The Labute approximate surface area is 237 Å². The zero-order chi connectivity index (χ0) is 26.5. The van der Waals surface area contributed by atoms with Gasteiger partial charge < -0.3 is 0 Å². The summed E-state index contributed by atoms with van der Waals surface area (Å²) in [5.74, 6) is 0. The maximum atomic E-state index is 4.93. The molecule has 0 aliphatic heterocycles. The van der Waals surface area contributed by atoms with Crippen molar-refractivity contribution in [3.8, 4) is 22.3 Å². The van der Waals surface area contributed by atoms with E-state index in [0.29, 0.717) is 0 Å². The van der Waals surface area contributed by atoms with Crippen LogP contribution in [0.25, 0.3) is 33.0 Å². The second-order valence-corrected chi connectivity index (χ2v) is 15.4. The van der Waals surface area contributed by atoms with Gasteiger partial charge in [-0.2, -0.15) is 6.07 Å². The van der Waals surface area contributed by atoms with E-state index in [-0.39, 0.29) is 10.8 Å². The summed E-state index contributed by atoms with van der Waals surface area (Å²) in [6.45, 7) is 16.2. The SMILES string of the molecule is CCCCc1cc2c(-c3cc(C(C)(C)C)cc(C(C)(C)C)c3)c(-c3ccccc3)ccc2[cH-]1.[Cl][Zr][Cl]. The van der Waals surface area contributed by atoms with Crippen molar-refractivity contribution in [2.75, 3.05) is 0 Å². The standard InChI is InChI=1S/C33H39.2ClH.Zr/c1-8-9-13-23-18-25-16-17-29(24-14-11-10-12-15-24)31(30(25)19-23)26-20-27(32(2,3)4)22-28(21-26)33(5,6)7;;;/h10-12,14-22H,8-9,13H2,1-7H3;2*1H;/q-1;;;+2/p-2. The summed E-state index contributed by atoms with van der Waals surface area (Å²) >= 11 is -0.826. The van der Waals surface area contributed by atoms with Gasteiger partial charge in [0.1, 0.15) is 0 Å². The quantitative estimate of drug-likeness (QED) is 0.201. The summed E-state index contributed by atoms with van der Waals surface area (Å²) in [6, 6.07) is 27.7. The maximum absolute atomic E-state index is 4.93. The first kappa shape index (κ1) is 29.3. The molecule has 0 atom stereocenters. The van der Waals surface area contributed by atoms with Crippen LogP contribution in [0.1, 0.15) is 78.0 Å². The van der Waals surface area contributed by atoms with Crippen LogP contribution in [0.15, 0.2) is 72.8 Å². The van der Waals surface area contributed by atoms with Crippen molar-refractivity contribution in [3.05, 3.63) is 89.5 Å². The van der Waals surface area contributed by atoms with E-state index in [9.17, 15) is 0 Å². The first-order valence-electron chi connectivity index (χ1n) is 12.9. The third-order valence-electron chi connectivity index (χ3n) is 6.81. The molecule has 4 aromatic rings. The summed E-state index contributed by atoms with van der Waals surface area (Å²) in [6.07, 6.45) is 3.62. The number of halogens is 2. The van der Waals surface area contributed by atoms with Crippen molar-refractivity contribution < 1.29 is 20.8 Å². The number of hydrogen-bond donors (Lipinski definition) is 0. The van der Waals surface area contributed by atoms with Crippen molar-refractivity contribution >= 4 is 27.8 Å². The fourth-order valence-electron chi connectivity index (χ4n) is 4.68. The average molecular weight is 598 g/mol. The molecule has 0 bridgehead atoms. The zero-order valence-corrected chi connectivity index (χ0v) is 26.8. The third-order valence-corrected chi connectivity index (χ3v) is 6.81. The molecule has 0 radical (unpaired) electrons. The topological polar surface area (TPSA) is 0 Å². The molecule has 0 N–H and O–H groups in total. The monoisotopic (exact) mass is 595 g/mol. The van der Waals surface area contributed by atoms with Crippen LogP contribution in [0, 0.1) is 0 Å². The van der Waals surface area contributed by atoms with Gasteiger partial charge in [0.25, 0.3) is 0 Å². The van der Waals surface area contributed by atoms with Gasteiger partial charge in [0.15, 0.2) is 0 Å². The number of aryl methyl sites for hydroxylation is 1. The molecule has 4 aromatic carbocycles. The first-order valence-corrected chi connectivity index (χ1v) is 19.2. The predicted molar refractivity (Wildman–Crippen MR) is 158 cm³/mol. The Morgan fingerprint density at radius 1 is 0.750 bits per heavy atom. The number of rotatable bonds is 5. The second kappa shape index (κ2) is 12.5. The fourth-order valence-corrected chi connectivity index (χ4v) is 4.68. The first-order chi connectivity index (χ1) is 17.0. The summed E-state index contributed by atoms with van der Waals surface area (Å²) in [5.41, 5.74) is 9.76. The van der Waals surface area contributed by atoms with Gasteiger partial charge >= 0.3 is 37.9 Å². The van der Waals surface area contributed by atoms with Crippen LogP contribution in [0.5, 0.6) is 0 Å². The molecule has 3 heteroatoms. The zero-order valence-electron chi connectivity index (χ0n) is 22.8. The summed E-state index contributed by atoms with van der Waals surface area (Å²) in [7, 11) is 9.87. The van der Waals surface area contributed by atoms with Crippen LogP contribution >= 0.6 is 17.0 Å². The number of unbranched alkanes of at least 4 members (excludes halogenated alkanes) is 1. The molecule has 0 spiro atoms. The molecule has 0 aliphatic carbocycles. The van der Waals surface area contributed by atoms with Crippen LogP contribution in [-0.2, 0) is 38.1 Å². The number of fused-ring (bicyclic) bond motifs is 1. The van der Waals surface area contributed by atoms with E-state index in [2.05, 4.69) is 121 Å². The summed E-state index contributed by atoms with van der Waals surface area (Å²) < 4.78 is 0. The van der Waals surface area contributed by atoms with Gasteiger partial charge in [0.2, 0.25) is 0 Å². The molecule has 0 amide bonds. The molecule has 0 heterocycles. The average Bonchev–Trinajstić information content (AvgIpc) is 3.25. The molecule has 0 fully saturated rings. The van der Waals surface area contributed by atoms with E-state index in [1.54, 1.807) is 0 Å². The van der Waals surface area contributed by atoms with E-state index in [1.807, 2.05) is 0 Å². The Kier molecular flexibility index (Phi) is 10.2. The fraction of sp³-hybridized carbons (Fsp3) is 0.364. The van der Waals surface area contributed by atoms with Crippen LogP contribution < -0.4 is 0 Å². The van der Waals surface area contributed by atoms with Crippen LogP contribution in [-0.4, -0.2) is 0 Å². The normalized spacial score (nSPS) is 11.8. The molecular weight excluding hydrogens is 558 g/mol. The van der Waals surface area contributed by atoms with Gasteiger partial charge in [-0.1, -0.05) is 121 Å². The van der Waals surface area contributed by atoms with E-state index in [0.717, 1.165) is 6.42 Å². The van der Waals surface area contributed by atoms with Crippen LogP contribution in [0.2, 0.25) is 0 Å². The second-order valence-electron chi connectivity index (χ2n) is 11.7. The van der Waals surface area contributed by atoms with Crippen molar-refractivity contribution in [1.29, 1.82) is 0 Å². The third kappa shape index (κ3) is 7.18. The predicted octanol–water partition coefficient (Wildman–Crippen LogP) is 11.2. The number of benzene rings is 3. The molecule has 0 unspecified atom stereocenters. The molecule has 4 rings (SSSR count). The van der Waals surface area contributed by atoms with E-state index >= 15 is 0 Å². The molecule has 0 aromatic heterocycles. The van der Waals surface area contributed by atoms with Gasteiger partial charge in [0, 0.05) is 0 Å². The van der Waals surface area contributed by atoms with Crippen molar-refractivity contribution in [2.45, 2.75) is 78.6 Å². The Bertz CT molecular complexity index is 1240. The van der Waals surface area contributed by atoms with Gasteiger partial charge in [-0.25, -0.2) is 0 Å². The van der Waals surface area contributed by atoms with Crippen molar-refractivity contribution in [1.82, 2.24) is 0 Å². The molecule has 0 saturated heterocycles. The molecule has 0 aliphatic rings. The number of hydrogen-bond acceptors (Lipinski definition) is 0. The minimum absolute atomic E-state index is 0.0924. The van der Waals surface area contributed by atoms with Gasteiger partial charge in [0.05, 0.1) is 0 Å². The van der Waals surface area contributed by atoms with Crippen molar-refractivity contribution in [2.24, 2.45) is 0 Å². The van der Waals surface area contributed by atoms with Crippen LogP contribution in [0.4, 0.5) is 0 Å². The molecule has 0 nitrogen and oxygen atoms in total. The minimum atomic E-state index is -0.826. The Morgan fingerprint density at radius 3 is 1.86 bits per heavy atom. The molecular formula is C33H39Cl2Zr-. The van der Waals surface area contributed by atoms with E-state index in [1.165, 1.54) is 62.6 Å². The van der Waals surface area contributed by atoms with Gasteiger partial charge in [-0.3, -0.25) is 0 Å². The van der Waals surface area contributed by atoms with E-state index < -0.39 is 20.8 Å². The molecule has 190 valence electrons. The van der Waals surface area contributed by atoms with Crippen molar-refractivity contribution in [3.63, 3.8) is 0 Å². The summed E-state index contributed by atoms with van der Waals surface area (Å²) in [4.78, 5) is 0. The van der Waals surface area contributed by atoms with Gasteiger partial charge in [-0.05, 0) is 45.1 Å². The summed E-state index contributed by atoms with van der Waals surface area (Å²) in [5, 5.41) is 2.74. The Morgan fingerprint density at radius 2 is 1.33 bits per heavy atom. The Hall–Kier alpha value is -1.27. The molecule has 0 saturated carbocycles. The molecule has 36 heavy (non-hydrogen) atoms. The van der Waals surface area contributed by atoms with Crippen LogP contribution in [0.3, 0.4) is 0 Å².